The molecular weight excluding hydrogens is 446 g/mol. The van der Waals surface area contributed by atoms with Crippen molar-refractivity contribution in [3.63, 3.8) is 0 Å². The fourth-order valence-corrected chi connectivity index (χ4v) is 4.44. The topological polar surface area (TPSA) is 88.9 Å². The summed E-state index contributed by atoms with van der Waals surface area (Å²) in [5.74, 6) is -0.159. The molecule has 1 aliphatic carbocycles. The first-order valence-electron chi connectivity index (χ1n) is 10.1. The fraction of sp³-hybridized carbons (Fsp3) is 0.364. The van der Waals surface area contributed by atoms with Crippen molar-refractivity contribution in [2.75, 3.05) is 5.32 Å². The number of ketones is 1. The number of halogens is 1. The highest BCUT2D eigenvalue weighted by Crippen LogP contribution is 2.43. The Bertz CT molecular complexity index is 1080. The van der Waals surface area contributed by atoms with Crippen LogP contribution in [0.4, 0.5) is 5.82 Å². The van der Waals surface area contributed by atoms with E-state index in [4.69, 9.17) is 0 Å². The van der Waals surface area contributed by atoms with Crippen LogP contribution >= 0.6 is 15.9 Å². The van der Waals surface area contributed by atoms with Crippen LogP contribution in [0.1, 0.15) is 50.3 Å². The molecule has 1 unspecified atom stereocenters. The number of aromatic nitrogens is 3. The summed E-state index contributed by atoms with van der Waals surface area (Å²) in [6.45, 7) is 6.55. The molecule has 3 heterocycles. The maximum absolute atomic E-state index is 13.4. The first-order valence-corrected chi connectivity index (χ1v) is 10.9. The van der Waals surface area contributed by atoms with Gasteiger partial charge in [0.2, 0.25) is 0 Å². The number of nitrogens with zero attached hydrogens (tertiary/aromatic N) is 3. The second kappa shape index (κ2) is 8.18. The minimum absolute atomic E-state index is 0.0944. The summed E-state index contributed by atoms with van der Waals surface area (Å²) in [5, 5.41) is 10.8. The highest BCUT2D eigenvalue weighted by Gasteiger charge is 2.39. The third-order valence-corrected chi connectivity index (χ3v) is 6.08. The van der Waals surface area contributed by atoms with E-state index in [1.807, 2.05) is 37.7 Å². The Hall–Kier alpha value is -2.74. The molecule has 30 heavy (non-hydrogen) atoms. The van der Waals surface area contributed by atoms with Gasteiger partial charge in [0.15, 0.2) is 5.78 Å². The molecule has 8 heteroatoms. The maximum Gasteiger partial charge on any atom is 0.255 e. The van der Waals surface area contributed by atoms with E-state index >= 15 is 0 Å². The van der Waals surface area contributed by atoms with Gasteiger partial charge in [-0.15, -0.1) is 0 Å². The van der Waals surface area contributed by atoms with Crippen LogP contribution in [0.15, 0.2) is 51.5 Å². The average molecular weight is 470 g/mol. The summed E-state index contributed by atoms with van der Waals surface area (Å²) in [6, 6.07) is 3.56. The molecule has 0 spiro atoms. The van der Waals surface area contributed by atoms with Crippen molar-refractivity contribution in [2.24, 2.45) is 0 Å². The molecule has 2 aromatic rings. The SMILES string of the molecule is CCn1cc(C2C(C(=O)Nc3ccc(Br)cn3)=C(C)NC3=C2C(=O)CCC3)c(C)n1. The Labute approximate surface area is 183 Å². The molecule has 1 atom stereocenters. The second-order valence-electron chi connectivity index (χ2n) is 7.61. The minimum Gasteiger partial charge on any atom is -0.362 e. The van der Waals surface area contributed by atoms with Crippen molar-refractivity contribution in [2.45, 2.75) is 52.5 Å². The third-order valence-electron chi connectivity index (χ3n) is 5.61. The van der Waals surface area contributed by atoms with Gasteiger partial charge in [-0.3, -0.25) is 14.3 Å². The summed E-state index contributed by atoms with van der Waals surface area (Å²) in [5.41, 5.74) is 4.64. The van der Waals surface area contributed by atoms with E-state index in [-0.39, 0.29) is 11.7 Å². The van der Waals surface area contributed by atoms with Gasteiger partial charge in [-0.1, -0.05) is 0 Å². The van der Waals surface area contributed by atoms with Gasteiger partial charge in [-0.2, -0.15) is 5.10 Å². The number of allylic oxidation sites excluding steroid dienone is 3. The van der Waals surface area contributed by atoms with Crippen molar-refractivity contribution in [1.29, 1.82) is 0 Å². The van der Waals surface area contributed by atoms with Crippen LogP contribution in [0.25, 0.3) is 0 Å². The lowest BCUT2D eigenvalue weighted by atomic mass is 9.75. The number of nitrogens with one attached hydrogen (secondary N) is 2. The van der Waals surface area contributed by atoms with E-state index in [1.54, 1.807) is 12.3 Å². The normalized spacial score (nSPS) is 18.9. The van der Waals surface area contributed by atoms with Crippen LogP contribution in [0, 0.1) is 6.92 Å². The van der Waals surface area contributed by atoms with Gasteiger partial charge < -0.3 is 10.6 Å². The molecule has 156 valence electrons. The van der Waals surface area contributed by atoms with Crippen LogP contribution in [0.2, 0.25) is 0 Å². The third kappa shape index (κ3) is 3.71. The van der Waals surface area contributed by atoms with E-state index in [0.717, 1.165) is 46.5 Å². The molecule has 0 aromatic carbocycles. The van der Waals surface area contributed by atoms with Gasteiger partial charge in [0.1, 0.15) is 5.82 Å². The highest BCUT2D eigenvalue weighted by molar-refractivity contribution is 9.10. The van der Waals surface area contributed by atoms with Crippen LogP contribution < -0.4 is 10.6 Å². The number of amides is 1. The van der Waals surface area contributed by atoms with E-state index in [0.29, 0.717) is 23.4 Å². The fourth-order valence-electron chi connectivity index (χ4n) is 4.21. The van der Waals surface area contributed by atoms with Gasteiger partial charge in [0.25, 0.3) is 5.91 Å². The van der Waals surface area contributed by atoms with E-state index in [9.17, 15) is 9.59 Å². The molecule has 0 fully saturated rings. The second-order valence-corrected chi connectivity index (χ2v) is 8.52. The number of hydrogen-bond acceptors (Lipinski definition) is 5. The minimum atomic E-state index is -0.440. The van der Waals surface area contributed by atoms with Crippen LogP contribution in [-0.2, 0) is 16.1 Å². The smallest absolute Gasteiger partial charge is 0.255 e. The van der Waals surface area contributed by atoms with Crippen molar-refractivity contribution in [3.8, 4) is 0 Å². The summed E-state index contributed by atoms with van der Waals surface area (Å²) in [6.07, 6.45) is 5.71. The van der Waals surface area contributed by atoms with Crippen LogP contribution in [-0.4, -0.2) is 26.5 Å². The van der Waals surface area contributed by atoms with Gasteiger partial charge in [0, 0.05) is 63.9 Å². The van der Waals surface area contributed by atoms with E-state index in [2.05, 4.69) is 36.6 Å². The predicted octanol–water partition coefficient (Wildman–Crippen LogP) is 3.98. The lowest BCUT2D eigenvalue weighted by Crippen LogP contribution is -2.35. The van der Waals surface area contributed by atoms with Crippen molar-refractivity contribution >= 4 is 33.4 Å². The summed E-state index contributed by atoms with van der Waals surface area (Å²) in [7, 11) is 0. The van der Waals surface area contributed by atoms with Gasteiger partial charge in [0.05, 0.1) is 5.69 Å². The average Bonchev–Trinajstić information content (AvgIpc) is 3.09. The largest absolute Gasteiger partial charge is 0.362 e. The number of rotatable bonds is 4. The Balaban J connectivity index is 1.80. The monoisotopic (exact) mass is 469 g/mol. The zero-order chi connectivity index (χ0) is 21.4. The zero-order valence-electron chi connectivity index (χ0n) is 17.3. The molecule has 1 amide bonds. The molecule has 1 aliphatic heterocycles. The number of carbonyl (C=O) groups excluding carboxylic acids is 2. The van der Waals surface area contributed by atoms with Gasteiger partial charge in [-0.25, -0.2) is 4.98 Å². The molecular formula is C22H24BrN5O2. The molecule has 0 saturated carbocycles. The Morgan fingerprint density at radius 1 is 1.33 bits per heavy atom. The quantitative estimate of drug-likeness (QED) is 0.706. The first-order chi connectivity index (χ1) is 14.4. The molecule has 0 radical (unpaired) electrons. The lowest BCUT2D eigenvalue weighted by molar-refractivity contribution is -0.116. The molecule has 0 bridgehead atoms. The molecule has 0 saturated heterocycles. The summed E-state index contributed by atoms with van der Waals surface area (Å²) in [4.78, 5) is 30.6. The number of aryl methyl sites for hydroxylation is 2. The summed E-state index contributed by atoms with van der Waals surface area (Å²) >= 11 is 3.35. The summed E-state index contributed by atoms with van der Waals surface area (Å²) < 4.78 is 2.68. The standard InChI is InChI=1S/C22H24BrN5O2/c1-4-28-11-15(12(2)27-28)20-19(22(30)26-18-9-8-14(23)10-24-18)13(3)25-16-6-5-7-17(29)21(16)20/h8-11,20,25H,4-7H2,1-3H3,(H,24,26,30). The van der Waals surface area contributed by atoms with Crippen LogP contribution in [0.3, 0.4) is 0 Å². The highest BCUT2D eigenvalue weighted by atomic mass is 79.9. The number of anilines is 1. The van der Waals surface area contributed by atoms with Gasteiger partial charge in [-0.05, 0) is 61.7 Å². The number of hydrogen-bond donors (Lipinski definition) is 2. The number of carbonyl (C=O) groups is 2. The molecule has 2 aliphatic rings. The van der Waals surface area contributed by atoms with E-state index in [1.165, 1.54) is 0 Å². The predicted molar refractivity (Wildman–Crippen MR) is 118 cm³/mol. The Morgan fingerprint density at radius 2 is 2.13 bits per heavy atom. The Kier molecular flexibility index (Phi) is 5.60. The molecule has 2 aromatic heterocycles. The van der Waals surface area contributed by atoms with E-state index < -0.39 is 5.92 Å². The maximum atomic E-state index is 13.4. The molecule has 2 N–H and O–H groups in total. The molecule has 7 nitrogen and oxygen atoms in total. The number of dihydropyridines is 1. The number of pyridine rings is 1. The number of Topliss-reactive ketones (excluding diaryl/α,β-unsaturated/α-hetero) is 1. The van der Waals surface area contributed by atoms with Crippen LogP contribution in [0.5, 0.6) is 0 Å². The van der Waals surface area contributed by atoms with Crippen molar-refractivity contribution in [1.82, 2.24) is 20.1 Å². The Morgan fingerprint density at radius 3 is 2.80 bits per heavy atom. The first kappa shape index (κ1) is 20.5. The van der Waals surface area contributed by atoms with Crippen molar-refractivity contribution in [3.05, 3.63) is 62.8 Å². The lowest BCUT2D eigenvalue weighted by Gasteiger charge is -2.34. The molecule has 4 rings (SSSR count). The van der Waals surface area contributed by atoms with Gasteiger partial charge >= 0.3 is 0 Å². The van der Waals surface area contributed by atoms with Crippen molar-refractivity contribution < 1.29 is 9.59 Å². The zero-order valence-corrected chi connectivity index (χ0v) is 18.8.